The highest BCUT2D eigenvalue weighted by Gasteiger charge is 2.21. The van der Waals surface area contributed by atoms with Crippen molar-refractivity contribution in [1.82, 2.24) is 9.62 Å². The van der Waals surface area contributed by atoms with Crippen molar-refractivity contribution >= 4 is 31.9 Å². The van der Waals surface area contributed by atoms with Gasteiger partial charge in [0.15, 0.2) is 0 Å². The minimum absolute atomic E-state index is 0.0339. The number of benzene rings is 1. The van der Waals surface area contributed by atoms with Crippen LogP contribution in [0.5, 0.6) is 0 Å². The molecule has 0 aliphatic rings. The summed E-state index contributed by atoms with van der Waals surface area (Å²) in [6.07, 6.45) is 1.92. The number of carbonyl (C=O) groups excluding carboxylic acids is 1. The number of hydrogen-bond donors (Lipinski definition) is 1. The first-order chi connectivity index (χ1) is 9.72. The molecule has 7 heteroatoms. The summed E-state index contributed by atoms with van der Waals surface area (Å²) in [5.74, 6) is -0.285. The Hall–Kier alpha value is -0.920. The fourth-order valence-electron chi connectivity index (χ4n) is 1.67. The number of nitrogens with one attached hydrogen (secondary N) is 1. The molecule has 0 spiro atoms. The minimum Gasteiger partial charge on any atom is -0.353 e. The molecule has 1 rings (SSSR count). The maximum absolute atomic E-state index is 11.9. The largest absolute Gasteiger partial charge is 0.353 e. The predicted octanol–water partition coefficient (Wildman–Crippen LogP) is 2.13. The summed E-state index contributed by atoms with van der Waals surface area (Å²) in [6.45, 7) is 3.86. The molecule has 1 N–H and O–H groups in total. The topological polar surface area (TPSA) is 66.5 Å². The molecule has 1 atom stereocenters. The first-order valence-corrected chi connectivity index (χ1v) is 9.35. The van der Waals surface area contributed by atoms with Crippen molar-refractivity contribution in [2.24, 2.45) is 0 Å². The molecular formula is C14H21BrN2O3S. The average Bonchev–Trinajstić information content (AvgIpc) is 2.39. The summed E-state index contributed by atoms with van der Waals surface area (Å²) in [4.78, 5) is 11.9. The van der Waals surface area contributed by atoms with Gasteiger partial charge in [-0.05, 0) is 31.0 Å². The van der Waals surface area contributed by atoms with E-state index in [9.17, 15) is 13.2 Å². The SMILES string of the molecule is CC[C@H](C)NC(=O)CN(Cc1ccc(Br)cc1)S(C)(=O)=O. The highest BCUT2D eigenvalue weighted by Crippen LogP contribution is 2.13. The number of halogens is 1. The Bertz CT molecular complexity index is 572. The minimum atomic E-state index is -3.45. The van der Waals surface area contributed by atoms with Crippen LogP contribution in [-0.4, -0.2) is 37.5 Å². The van der Waals surface area contributed by atoms with Gasteiger partial charge in [-0.1, -0.05) is 35.0 Å². The Morgan fingerprint density at radius 3 is 2.38 bits per heavy atom. The van der Waals surface area contributed by atoms with Gasteiger partial charge < -0.3 is 5.32 Å². The second-order valence-electron chi connectivity index (χ2n) is 5.03. The average molecular weight is 377 g/mol. The lowest BCUT2D eigenvalue weighted by Gasteiger charge is -2.21. The normalized spacial score (nSPS) is 13.2. The van der Waals surface area contributed by atoms with Crippen LogP contribution in [-0.2, 0) is 21.4 Å². The molecular weight excluding hydrogens is 356 g/mol. The zero-order valence-corrected chi connectivity index (χ0v) is 14.9. The van der Waals surface area contributed by atoms with Gasteiger partial charge in [0, 0.05) is 17.1 Å². The van der Waals surface area contributed by atoms with E-state index in [4.69, 9.17) is 0 Å². The first kappa shape index (κ1) is 18.1. The summed E-state index contributed by atoms with van der Waals surface area (Å²) in [7, 11) is -3.45. The fourth-order valence-corrected chi connectivity index (χ4v) is 2.67. The quantitative estimate of drug-likeness (QED) is 0.792. The predicted molar refractivity (Wildman–Crippen MR) is 87.3 cm³/mol. The highest BCUT2D eigenvalue weighted by molar-refractivity contribution is 9.10. The van der Waals surface area contributed by atoms with Crippen LogP contribution < -0.4 is 5.32 Å². The van der Waals surface area contributed by atoms with Crippen molar-refractivity contribution in [2.75, 3.05) is 12.8 Å². The molecule has 0 aliphatic heterocycles. The lowest BCUT2D eigenvalue weighted by Crippen LogP contribution is -2.42. The maximum atomic E-state index is 11.9. The van der Waals surface area contributed by atoms with Gasteiger partial charge in [0.1, 0.15) is 0 Å². The van der Waals surface area contributed by atoms with E-state index in [-0.39, 0.29) is 25.0 Å². The summed E-state index contributed by atoms with van der Waals surface area (Å²) in [5, 5.41) is 2.77. The monoisotopic (exact) mass is 376 g/mol. The number of hydrogen-bond acceptors (Lipinski definition) is 3. The molecule has 0 aromatic heterocycles. The van der Waals surface area contributed by atoms with Gasteiger partial charge >= 0.3 is 0 Å². The van der Waals surface area contributed by atoms with E-state index in [0.717, 1.165) is 22.7 Å². The Morgan fingerprint density at radius 2 is 1.90 bits per heavy atom. The molecule has 118 valence electrons. The number of amides is 1. The number of sulfonamides is 1. The van der Waals surface area contributed by atoms with E-state index < -0.39 is 10.0 Å². The van der Waals surface area contributed by atoms with E-state index in [1.807, 2.05) is 38.1 Å². The third-order valence-corrected chi connectivity index (χ3v) is 4.81. The highest BCUT2D eigenvalue weighted by atomic mass is 79.9. The van der Waals surface area contributed by atoms with Crippen LogP contribution in [0.25, 0.3) is 0 Å². The van der Waals surface area contributed by atoms with Crippen LogP contribution >= 0.6 is 15.9 Å². The molecule has 1 amide bonds. The van der Waals surface area contributed by atoms with Crippen LogP contribution in [0.2, 0.25) is 0 Å². The van der Waals surface area contributed by atoms with Crippen LogP contribution in [0.15, 0.2) is 28.7 Å². The third-order valence-electron chi connectivity index (χ3n) is 3.08. The molecule has 0 saturated carbocycles. The van der Waals surface area contributed by atoms with Gasteiger partial charge in [-0.25, -0.2) is 8.42 Å². The van der Waals surface area contributed by atoms with E-state index in [1.165, 1.54) is 4.31 Å². The van der Waals surface area contributed by atoms with E-state index in [0.29, 0.717) is 0 Å². The third kappa shape index (κ3) is 6.58. The zero-order valence-electron chi connectivity index (χ0n) is 12.5. The van der Waals surface area contributed by atoms with Crippen LogP contribution in [0.3, 0.4) is 0 Å². The van der Waals surface area contributed by atoms with Gasteiger partial charge in [-0.2, -0.15) is 4.31 Å². The van der Waals surface area contributed by atoms with Crippen molar-refractivity contribution in [3.8, 4) is 0 Å². The molecule has 0 fully saturated rings. The molecule has 1 aromatic rings. The maximum Gasteiger partial charge on any atom is 0.235 e. The second kappa shape index (κ2) is 7.91. The van der Waals surface area contributed by atoms with Crippen molar-refractivity contribution in [3.05, 3.63) is 34.3 Å². The van der Waals surface area contributed by atoms with Crippen LogP contribution in [0.4, 0.5) is 0 Å². The Kier molecular flexibility index (Phi) is 6.83. The van der Waals surface area contributed by atoms with Crippen molar-refractivity contribution in [2.45, 2.75) is 32.9 Å². The molecule has 5 nitrogen and oxygen atoms in total. The van der Waals surface area contributed by atoms with E-state index >= 15 is 0 Å². The molecule has 0 radical (unpaired) electrons. The van der Waals surface area contributed by atoms with Crippen molar-refractivity contribution in [1.29, 1.82) is 0 Å². The number of rotatable bonds is 7. The lowest BCUT2D eigenvalue weighted by atomic mass is 10.2. The van der Waals surface area contributed by atoms with Gasteiger partial charge in [-0.15, -0.1) is 0 Å². The molecule has 0 bridgehead atoms. The Morgan fingerprint density at radius 1 is 1.33 bits per heavy atom. The molecule has 21 heavy (non-hydrogen) atoms. The summed E-state index contributed by atoms with van der Waals surface area (Å²) in [5.41, 5.74) is 0.833. The lowest BCUT2D eigenvalue weighted by molar-refractivity contribution is -0.122. The van der Waals surface area contributed by atoms with Gasteiger partial charge in [-0.3, -0.25) is 4.79 Å². The molecule has 0 saturated heterocycles. The van der Waals surface area contributed by atoms with Crippen molar-refractivity contribution < 1.29 is 13.2 Å². The molecule has 0 aliphatic carbocycles. The van der Waals surface area contributed by atoms with Gasteiger partial charge in [0.05, 0.1) is 12.8 Å². The summed E-state index contributed by atoms with van der Waals surface area (Å²) < 4.78 is 25.8. The number of nitrogens with zero attached hydrogens (tertiary/aromatic N) is 1. The summed E-state index contributed by atoms with van der Waals surface area (Å²) >= 11 is 3.33. The Balaban J connectivity index is 2.78. The molecule has 0 unspecified atom stereocenters. The van der Waals surface area contributed by atoms with Crippen LogP contribution in [0.1, 0.15) is 25.8 Å². The molecule has 1 aromatic carbocycles. The fraction of sp³-hybridized carbons (Fsp3) is 0.500. The van der Waals surface area contributed by atoms with E-state index in [1.54, 1.807) is 0 Å². The van der Waals surface area contributed by atoms with Gasteiger partial charge in [0.25, 0.3) is 0 Å². The Labute approximate surface area is 134 Å². The smallest absolute Gasteiger partial charge is 0.235 e. The van der Waals surface area contributed by atoms with E-state index in [2.05, 4.69) is 21.2 Å². The van der Waals surface area contributed by atoms with Gasteiger partial charge in [0.2, 0.25) is 15.9 Å². The molecule has 0 heterocycles. The second-order valence-corrected chi connectivity index (χ2v) is 7.93. The van der Waals surface area contributed by atoms with Crippen molar-refractivity contribution in [3.63, 3.8) is 0 Å². The summed E-state index contributed by atoms with van der Waals surface area (Å²) in [6, 6.07) is 7.37. The van der Waals surface area contributed by atoms with Crippen LogP contribution in [0, 0.1) is 0 Å². The zero-order chi connectivity index (χ0) is 16.0. The number of carbonyl (C=O) groups is 1. The first-order valence-electron chi connectivity index (χ1n) is 6.71. The standard InChI is InChI=1S/C14H21BrN2O3S/c1-4-11(2)16-14(18)10-17(21(3,19)20)9-12-5-7-13(15)8-6-12/h5-8,11H,4,9-10H2,1-3H3,(H,16,18)/t11-/m0/s1.